The predicted octanol–water partition coefficient (Wildman–Crippen LogP) is 3.00. The van der Waals surface area contributed by atoms with E-state index in [0.29, 0.717) is 11.3 Å². The van der Waals surface area contributed by atoms with E-state index in [1.807, 2.05) is 0 Å². The summed E-state index contributed by atoms with van der Waals surface area (Å²) in [6, 6.07) is 3.91. The van der Waals surface area contributed by atoms with Crippen molar-refractivity contribution in [1.29, 1.82) is 0 Å². The Hall–Kier alpha value is -1.82. The van der Waals surface area contributed by atoms with Crippen LogP contribution in [0, 0.1) is 5.82 Å². The highest BCUT2D eigenvalue weighted by Crippen LogP contribution is 2.21. The van der Waals surface area contributed by atoms with Gasteiger partial charge in [0.25, 0.3) is 0 Å². The SMILES string of the molecule is CC(C)(COc1ccc(F)cc1CO)NC(=O)OC(C)(C)C. The first-order valence-electron chi connectivity index (χ1n) is 7.06. The molecule has 0 radical (unpaired) electrons. The minimum absolute atomic E-state index is 0.144. The van der Waals surface area contributed by atoms with Gasteiger partial charge in [-0.3, -0.25) is 0 Å². The van der Waals surface area contributed by atoms with Crippen LogP contribution in [0.4, 0.5) is 9.18 Å². The summed E-state index contributed by atoms with van der Waals surface area (Å²) in [7, 11) is 0. The van der Waals surface area contributed by atoms with Gasteiger partial charge in [-0.25, -0.2) is 9.18 Å². The van der Waals surface area contributed by atoms with Crippen molar-refractivity contribution in [2.75, 3.05) is 6.61 Å². The third-order valence-electron chi connectivity index (χ3n) is 2.62. The van der Waals surface area contributed by atoms with Gasteiger partial charge in [-0.2, -0.15) is 0 Å². The van der Waals surface area contributed by atoms with Crippen LogP contribution in [-0.2, 0) is 11.3 Å². The maximum absolute atomic E-state index is 13.1. The molecular formula is C16H24FNO4. The number of alkyl carbamates (subject to hydrolysis) is 1. The second kappa shape index (κ2) is 6.96. The zero-order valence-electron chi connectivity index (χ0n) is 13.7. The number of rotatable bonds is 5. The number of nitrogens with one attached hydrogen (secondary N) is 1. The lowest BCUT2D eigenvalue weighted by molar-refractivity contribution is 0.0440. The molecule has 0 aliphatic carbocycles. The van der Waals surface area contributed by atoms with Crippen LogP contribution in [0.25, 0.3) is 0 Å². The smallest absolute Gasteiger partial charge is 0.408 e. The van der Waals surface area contributed by atoms with Crippen LogP contribution in [0.3, 0.4) is 0 Å². The highest BCUT2D eigenvalue weighted by molar-refractivity contribution is 5.68. The van der Waals surface area contributed by atoms with Crippen molar-refractivity contribution in [3.05, 3.63) is 29.6 Å². The average molecular weight is 313 g/mol. The fraction of sp³-hybridized carbons (Fsp3) is 0.562. The number of aliphatic hydroxyl groups excluding tert-OH is 1. The van der Waals surface area contributed by atoms with E-state index in [0.717, 1.165) is 0 Å². The molecule has 1 aromatic rings. The molecule has 22 heavy (non-hydrogen) atoms. The topological polar surface area (TPSA) is 67.8 Å². The Bertz CT molecular complexity index is 523. The number of ether oxygens (including phenoxy) is 2. The van der Waals surface area contributed by atoms with Crippen molar-refractivity contribution >= 4 is 6.09 Å². The van der Waals surface area contributed by atoms with E-state index in [2.05, 4.69) is 5.32 Å². The second-order valence-electron chi connectivity index (χ2n) is 6.71. The number of hydrogen-bond donors (Lipinski definition) is 2. The molecule has 5 nitrogen and oxygen atoms in total. The Labute approximate surface area is 130 Å². The van der Waals surface area contributed by atoms with Crippen LogP contribution in [0.15, 0.2) is 18.2 Å². The first kappa shape index (κ1) is 18.2. The molecule has 0 saturated heterocycles. The molecule has 0 aromatic heterocycles. The number of benzene rings is 1. The Morgan fingerprint density at radius 1 is 1.27 bits per heavy atom. The van der Waals surface area contributed by atoms with Gasteiger partial charge in [-0.15, -0.1) is 0 Å². The molecule has 0 aliphatic rings. The van der Waals surface area contributed by atoms with Crippen molar-refractivity contribution in [1.82, 2.24) is 5.32 Å². The van der Waals surface area contributed by atoms with Crippen LogP contribution in [-0.4, -0.2) is 28.9 Å². The van der Waals surface area contributed by atoms with Gasteiger partial charge in [-0.1, -0.05) is 0 Å². The zero-order chi connectivity index (χ0) is 17.0. The lowest BCUT2D eigenvalue weighted by atomic mass is 10.1. The number of amides is 1. The monoisotopic (exact) mass is 313 g/mol. The third-order valence-corrected chi connectivity index (χ3v) is 2.62. The standard InChI is InChI=1S/C16H24FNO4/c1-15(2,3)22-14(20)18-16(4,5)10-21-13-7-6-12(17)8-11(13)9-19/h6-8,19H,9-10H2,1-5H3,(H,18,20). The van der Waals surface area contributed by atoms with Gasteiger partial charge in [0.1, 0.15) is 23.8 Å². The second-order valence-corrected chi connectivity index (χ2v) is 6.71. The number of aliphatic hydroxyl groups is 1. The van der Waals surface area contributed by atoms with E-state index in [4.69, 9.17) is 9.47 Å². The molecule has 0 unspecified atom stereocenters. The number of hydrogen-bond acceptors (Lipinski definition) is 4. The lowest BCUT2D eigenvalue weighted by Crippen LogP contribution is -2.49. The van der Waals surface area contributed by atoms with Crippen LogP contribution in [0.5, 0.6) is 5.75 Å². The summed E-state index contributed by atoms with van der Waals surface area (Å²) in [5, 5.41) is 11.9. The van der Waals surface area contributed by atoms with E-state index in [-0.39, 0.29) is 13.2 Å². The molecule has 1 amide bonds. The van der Waals surface area contributed by atoms with Crippen molar-refractivity contribution in [2.45, 2.75) is 52.4 Å². The van der Waals surface area contributed by atoms with Gasteiger partial charge >= 0.3 is 6.09 Å². The molecule has 0 fully saturated rings. The highest BCUT2D eigenvalue weighted by atomic mass is 19.1. The first-order valence-corrected chi connectivity index (χ1v) is 7.06. The fourth-order valence-corrected chi connectivity index (χ4v) is 1.69. The lowest BCUT2D eigenvalue weighted by Gasteiger charge is -2.28. The minimum Gasteiger partial charge on any atom is -0.491 e. The minimum atomic E-state index is -0.691. The normalized spacial score (nSPS) is 12.0. The Kier molecular flexibility index (Phi) is 5.77. The molecular weight excluding hydrogens is 289 g/mol. The molecule has 1 rings (SSSR count). The van der Waals surface area contributed by atoms with Gasteiger partial charge in [0.15, 0.2) is 0 Å². The van der Waals surface area contributed by atoms with Crippen LogP contribution < -0.4 is 10.1 Å². The molecule has 0 spiro atoms. The van der Waals surface area contributed by atoms with Gasteiger partial charge in [-0.05, 0) is 52.8 Å². The van der Waals surface area contributed by atoms with Gasteiger partial charge < -0.3 is 19.9 Å². The van der Waals surface area contributed by atoms with Crippen LogP contribution in [0.2, 0.25) is 0 Å². The zero-order valence-corrected chi connectivity index (χ0v) is 13.7. The summed E-state index contributed by atoms with van der Waals surface area (Å²) < 4.78 is 23.9. The Balaban J connectivity index is 2.64. The van der Waals surface area contributed by atoms with E-state index in [1.54, 1.807) is 34.6 Å². The Morgan fingerprint density at radius 3 is 2.45 bits per heavy atom. The first-order chi connectivity index (χ1) is 10.0. The molecule has 0 saturated carbocycles. The highest BCUT2D eigenvalue weighted by Gasteiger charge is 2.25. The summed E-state index contributed by atoms with van der Waals surface area (Å²) in [5.74, 6) is -0.0643. The van der Waals surface area contributed by atoms with Crippen LogP contribution >= 0.6 is 0 Å². The summed E-state index contributed by atoms with van der Waals surface area (Å²) in [5.41, 5.74) is -0.918. The average Bonchev–Trinajstić information content (AvgIpc) is 2.34. The Morgan fingerprint density at radius 2 is 1.91 bits per heavy atom. The number of carbonyl (C=O) groups excluding carboxylic acids is 1. The van der Waals surface area contributed by atoms with Crippen LogP contribution in [0.1, 0.15) is 40.2 Å². The van der Waals surface area contributed by atoms with Gasteiger partial charge in [0.05, 0.1) is 12.1 Å². The van der Waals surface area contributed by atoms with Crippen molar-refractivity contribution in [3.63, 3.8) is 0 Å². The maximum atomic E-state index is 13.1. The summed E-state index contributed by atoms with van der Waals surface area (Å²) >= 11 is 0. The van der Waals surface area contributed by atoms with E-state index in [1.165, 1.54) is 18.2 Å². The number of carbonyl (C=O) groups is 1. The molecule has 1 aromatic carbocycles. The van der Waals surface area contributed by atoms with E-state index in [9.17, 15) is 14.3 Å². The largest absolute Gasteiger partial charge is 0.491 e. The fourth-order valence-electron chi connectivity index (χ4n) is 1.69. The molecule has 0 atom stereocenters. The molecule has 0 bridgehead atoms. The molecule has 124 valence electrons. The van der Waals surface area contributed by atoms with Gasteiger partial charge in [0, 0.05) is 5.56 Å². The van der Waals surface area contributed by atoms with E-state index >= 15 is 0 Å². The third kappa shape index (κ3) is 6.30. The summed E-state index contributed by atoms with van der Waals surface area (Å²) in [6.45, 7) is 8.71. The van der Waals surface area contributed by atoms with Gasteiger partial charge in [0.2, 0.25) is 0 Å². The number of halogens is 1. The van der Waals surface area contributed by atoms with Crippen molar-refractivity contribution < 1.29 is 23.8 Å². The summed E-state index contributed by atoms with van der Waals surface area (Å²) in [6.07, 6.45) is -0.539. The quantitative estimate of drug-likeness (QED) is 0.877. The predicted molar refractivity (Wildman–Crippen MR) is 81.3 cm³/mol. The molecule has 0 heterocycles. The van der Waals surface area contributed by atoms with E-state index < -0.39 is 23.1 Å². The molecule has 0 aliphatic heterocycles. The molecule has 6 heteroatoms. The maximum Gasteiger partial charge on any atom is 0.408 e. The molecule has 2 N–H and O–H groups in total. The van der Waals surface area contributed by atoms with Crippen molar-refractivity contribution in [2.24, 2.45) is 0 Å². The van der Waals surface area contributed by atoms with Crippen molar-refractivity contribution in [3.8, 4) is 5.75 Å². The summed E-state index contributed by atoms with van der Waals surface area (Å²) in [4.78, 5) is 11.8.